The molecule has 7 heteroatoms. The molecule has 6 aliphatic rings. The predicted octanol–water partition coefficient (Wildman–Crippen LogP) is 8.77. The van der Waals surface area contributed by atoms with E-state index in [2.05, 4.69) is 104 Å². The van der Waals surface area contributed by atoms with Crippen molar-refractivity contribution in [1.82, 2.24) is 24.7 Å². The van der Waals surface area contributed by atoms with Crippen LogP contribution in [-0.4, -0.2) is 70.6 Å². The number of carbonyl (C=O) groups is 1. The minimum absolute atomic E-state index is 0.0764. The largest absolute Gasteiger partial charge is 0.429 e. The summed E-state index contributed by atoms with van der Waals surface area (Å²) in [6.45, 7) is 28.5. The third-order valence-corrected chi connectivity index (χ3v) is 17.5. The van der Waals surface area contributed by atoms with Crippen LogP contribution in [-0.2, 0) is 18.4 Å². The summed E-state index contributed by atoms with van der Waals surface area (Å²) in [6.07, 6.45) is 18.5. The van der Waals surface area contributed by atoms with E-state index in [0.717, 1.165) is 64.1 Å². The lowest BCUT2D eigenvalue weighted by molar-refractivity contribution is -0.219. The quantitative estimate of drug-likeness (QED) is 0.195. The first-order valence-corrected chi connectivity index (χ1v) is 21.5. The Balaban J connectivity index is 0.980. The first-order chi connectivity index (χ1) is 25.7. The van der Waals surface area contributed by atoms with E-state index in [-0.39, 0.29) is 16.4 Å². The lowest BCUT2D eigenvalue weighted by Gasteiger charge is -2.72. The molecule has 9 atom stereocenters. The third kappa shape index (κ3) is 6.09. The van der Waals surface area contributed by atoms with Gasteiger partial charge in [0.1, 0.15) is 5.75 Å². The molecule has 54 heavy (non-hydrogen) atoms. The van der Waals surface area contributed by atoms with Crippen molar-refractivity contribution < 1.29 is 9.53 Å². The van der Waals surface area contributed by atoms with Crippen molar-refractivity contribution in [3.63, 3.8) is 0 Å². The molecule has 7 nitrogen and oxygen atoms in total. The molecule has 294 valence electrons. The van der Waals surface area contributed by atoms with Gasteiger partial charge in [0.2, 0.25) is 0 Å². The average molecular weight is 736 g/mol. The number of carbonyl (C=O) groups excluding carboxylic acids is 1. The van der Waals surface area contributed by atoms with Gasteiger partial charge in [-0.05, 0) is 139 Å². The molecular formula is C47H69N5O2. The van der Waals surface area contributed by atoms with Crippen LogP contribution in [0.4, 0.5) is 0 Å². The van der Waals surface area contributed by atoms with Crippen LogP contribution in [0.5, 0.6) is 5.75 Å². The summed E-state index contributed by atoms with van der Waals surface area (Å²) in [5.74, 6) is 4.05. The van der Waals surface area contributed by atoms with Crippen molar-refractivity contribution in [2.75, 3.05) is 39.3 Å². The molecule has 1 aromatic carbocycles. The van der Waals surface area contributed by atoms with Crippen LogP contribution in [0.2, 0.25) is 0 Å². The van der Waals surface area contributed by atoms with Gasteiger partial charge in [-0.1, -0.05) is 65.0 Å². The monoisotopic (exact) mass is 736 g/mol. The Morgan fingerprint density at radius 1 is 0.926 bits per heavy atom. The average Bonchev–Trinajstić information content (AvgIpc) is 3.73. The van der Waals surface area contributed by atoms with Crippen molar-refractivity contribution in [2.24, 2.45) is 58.3 Å². The van der Waals surface area contributed by atoms with E-state index in [4.69, 9.17) is 4.74 Å². The molecule has 2 heterocycles. The Hall–Kier alpha value is -2.74. The highest BCUT2D eigenvalue weighted by molar-refractivity contribution is 5.72. The topological polar surface area (TPSA) is 62.6 Å². The van der Waals surface area contributed by atoms with Crippen LogP contribution in [0, 0.1) is 51.2 Å². The number of piperazine rings is 1. The normalized spacial score (nSPS) is 39.1. The lowest BCUT2D eigenvalue weighted by atomic mass is 9.33. The zero-order valence-electron chi connectivity index (χ0n) is 34.6. The van der Waals surface area contributed by atoms with E-state index in [1.807, 2.05) is 18.5 Å². The molecule has 0 radical (unpaired) electrons. The number of nitrogens with zero attached hydrogens (tertiary/aromatic N) is 4. The standard InChI is InChI=1S/C47H69N5O2/c1-33(2)37-15-20-47(49-23-24-51-25-27-52(28-26-51)30-35-29-50(8)31-48-35)22-21-45(6)39(42(37)47)13-14-41-44(5)18-16-38(34-9-11-36(12-10-34)54-32-53)43(3,4)40(44)17-19-46(41,45)7/h9-12,16,29,31-32,37,39-42,49H,1,13-15,17-28,30H2,2-8H3/t37-,39+,40-,41+,42+,44-,45+,46+,47-/m0/s1. The number of aryl methyl sites for hydroxylation is 1. The summed E-state index contributed by atoms with van der Waals surface area (Å²) < 4.78 is 7.18. The van der Waals surface area contributed by atoms with E-state index >= 15 is 0 Å². The lowest BCUT2D eigenvalue weighted by Crippen LogP contribution is -2.68. The van der Waals surface area contributed by atoms with Crippen molar-refractivity contribution >= 4 is 12.0 Å². The molecule has 8 rings (SSSR count). The van der Waals surface area contributed by atoms with E-state index in [9.17, 15) is 4.79 Å². The summed E-state index contributed by atoms with van der Waals surface area (Å²) in [6, 6.07) is 8.20. The molecule has 0 amide bonds. The molecule has 0 spiro atoms. The van der Waals surface area contributed by atoms with Gasteiger partial charge in [-0.25, -0.2) is 4.98 Å². The molecule has 5 fully saturated rings. The first-order valence-electron chi connectivity index (χ1n) is 21.5. The number of aromatic nitrogens is 2. The van der Waals surface area contributed by atoms with E-state index < -0.39 is 0 Å². The number of imidazole rings is 1. The molecular weight excluding hydrogens is 667 g/mol. The molecule has 1 N–H and O–H groups in total. The van der Waals surface area contributed by atoms with Crippen LogP contribution in [0.3, 0.4) is 0 Å². The number of rotatable bonds is 10. The van der Waals surface area contributed by atoms with Gasteiger partial charge in [0.05, 0.1) is 12.0 Å². The number of hydrogen-bond acceptors (Lipinski definition) is 6. The maximum absolute atomic E-state index is 10.9. The van der Waals surface area contributed by atoms with Crippen molar-refractivity contribution in [1.29, 1.82) is 0 Å². The maximum Gasteiger partial charge on any atom is 0.298 e. The van der Waals surface area contributed by atoms with E-state index in [1.54, 1.807) is 0 Å². The summed E-state index contributed by atoms with van der Waals surface area (Å²) >= 11 is 0. The highest BCUT2D eigenvalue weighted by Gasteiger charge is 2.70. The van der Waals surface area contributed by atoms with E-state index in [0.29, 0.717) is 40.8 Å². The van der Waals surface area contributed by atoms with Crippen LogP contribution in [0.25, 0.3) is 5.57 Å². The number of nitrogens with one attached hydrogen (secondary N) is 1. The van der Waals surface area contributed by atoms with Gasteiger partial charge in [-0.2, -0.15) is 0 Å². The fraction of sp³-hybridized carbons (Fsp3) is 0.702. The summed E-state index contributed by atoms with van der Waals surface area (Å²) in [5.41, 5.74) is 6.63. The maximum atomic E-state index is 10.9. The highest BCUT2D eigenvalue weighted by atomic mass is 16.5. The number of ether oxygens (including phenoxy) is 1. The number of fused-ring (bicyclic) bond motifs is 7. The van der Waals surface area contributed by atoms with Gasteiger partial charge in [0.15, 0.2) is 0 Å². The first kappa shape index (κ1) is 38.1. The second-order valence-corrected chi connectivity index (χ2v) is 20.2. The van der Waals surface area contributed by atoms with Crippen LogP contribution in [0.1, 0.15) is 111 Å². The van der Waals surface area contributed by atoms with Gasteiger partial charge in [-0.15, -0.1) is 0 Å². The van der Waals surface area contributed by atoms with Crippen molar-refractivity contribution in [3.05, 3.63) is 66.3 Å². The number of allylic oxidation sites excluding steroid dienone is 3. The Morgan fingerprint density at radius 3 is 2.35 bits per heavy atom. The Morgan fingerprint density at radius 2 is 1.67 bits per heavy atom. The Bertz CT molecular complexity index is 1740. The predicted molar refractivity (Wildman–Crippen MR) is 219 cm³/mol. The van der Waals surface area contributed by atoms with Crippen molar-refractivity contribution in [3.8, 4) is 5.75 Å². The molecule has 5 aliphatic carbocycles. The second kappa shape index (κ2) is 14.0. The molecule has 0 unspecified atom stereocenters. The van der Waals surface area contributed by atoms with Crippen molar-refractivity contribution in [2.45, 2.75) is 111 Å². The van der Waals surface area contributed by atoms with E-state index in [1.165, 1.54) is 73.8 Å². The van der Waals surface area contributed by atoms with Crippen LogP contribution >= 0.6 is 0 Å². The van der Waals surface area contributed by atoms with Gasteiger partial charge in [-0.3, -0.25) is 14.6 Å². The number of benzene rings is 1. The fourth-order valence-electron chi connectivity index (χ4n) is 14.7. The summed E-state index contributed by atoms with van der Waals surface area (Å²) in [7, 11) is 2.06. The number of hydrogen-bond donors (Lipinski definition) is 1. The summed E-state index contributed by atoms with van der Waals surface area (Å²) in [5, 5.41) is 4.37. The smallest absolute Gasteiger partial charge is 0.298 e. The van der Waals surface area contributed by atoms with Crippen LogP contribution < -0.4 is 10.1 Å². The minimum Gasteiger partial charge on any atom is -0.429 e. The SMILES string of the molecule is C=C(C)[C@@H]1CC[C@]2(NCCN3CCN(Cc4cn(C)cn4)CC3)CC[C@]3(C)[C@H](CC[C@@H]4[C@@]5(C)CC=C(c6ccc(OC=O)cc6)C(C)(C)[C@@H]5CC[C@]43C)[C@@H]12. The van der Waals surface area contributed by atoms with Gasteiger partial charge in [0, 0.05) is 64.6 Å². The second-order valence-electron chi connectivity index (χ2n) is 20.2. The molecule has 1 aromatic heterocycles. The zero-order chi connectivity index (χ0) is 38.1. The van der Waals surface area contributed by atoms with Gasteiger partial charge in [0.25, 0.3) is 6.47 Å². The molecule has 4 saturated carbocycles. The molecule has 0 bridgehead atoms. The molecule has 1 aliphatic heterocycles. The Kier molecular flexibility index (Phi) is 9.91. The minimum atomic E-state index is 0.0764. The summed E-state index contributed by atoms with van der Waals surface area (Å²) in [4.78, 5) is 20.8. The third-order valence-electron chi connectivity index (χ3n) is 17.5. The molecule has 2 aromatic rings. The Labute approximate surface area is 326 Å². The fourth-order valence-corrected chi connectivity index (χ4v) is 14.7. The van der Waals surface area contributed by atoms with Crippen LogP contribution in [0.15, 0.2) is 55.0 Å². The highest BCUT2D eigenvalue weighted by Crippen LogP contribution is 2.76. The van der Waals surface area contributed by atoms with Gasteiger partial charge >= 0.3 is 0 Å². The molecule has 1 saturated heterocycles. The zero-order valence-corrected chi connectivity index (χ0v) is 34.6. The van der Waals surface area contributed by atoms with Gasteiger partial charge < -0.3 is 14.6 Å².